The Morgan fingerprint density at radius 1 is 0.895 bits per heavy atom. The van der Waals surface area contributed by atoms with Gasteiger partial charge in [0.15, 0.2) is 0 Å². The van der Waals surface area contributed by atoms with E-state index in [1.165, 1.54) is 12.1 Å². The summed E-state index contributed by atoms with van der Waals surface area (Å²) in [6.45, 7) is 22.0. The number of carbonyl (C=O) groups is 2. The molecule has 0 radical (unpaired) electrons. The van der Waals surface area contributed by atoms with E-state index in [2.05, 4.69) is 23.3 Å². The van der Waals surface area contributed by atoms with Crippen molar-refractivity contribution < 1.29 is 28.2 Å². The van der Waals surface area contributed by atoms with Crippen LogP contribution in [0.2, 0.25) is 5.02 Å². The minimum Gasteiger partial charge on any atom is -0.493 e. The maximum Gasteiger partial charge on any atom is 0.410 e. The number of aryl methyl sites for hydroxylation is 3. The van der Waals surface area contributed by atoms with E-state index in [9.17, 15) is 14.0 Å². The highest BCUT2D eigenvalue weighted by atomic mass is 35.5. The van der Waals surface area contributed by atoms with Gasteiger partial charge in [-0.15, -0.1) is 0 Å². The summed E-state index contributed by atoms with van der Waals surface area (Å²) in [4.78, 5) is 31.8. The minimum atomic E-state index is -0.745. The standard InChI is InChI=1S/C45H57ClFN5O5/c1-27-25-50(43(54)57-45(8,9)10)26-28(2)51(27)21-22-52-40-35(19-20-36(46)39(40)38-29(3)48-49(11)30(38)4)34(41(52)42(53)56-44(5,6)7)15-13-23-55-37-16-12-14-31-24-32(47)17-18-33(31)37/h12,14,16-20,24,27-28H,13,15,21-23,25-26H2,1-11H3. The third-order valence-electron chi connectivity index (χ3n) is 10.6. The highest BCUT2D eigenvalue weighted by molar-refractivity contribution is 6.35. The van der Waals surface area contributed by atoms with Crippen molar-refractivity contribution in [2.45, 2.75) is 112 Å². The van der Waals surface area contributed by atoms with Crippen molar-refractivity contribution in [3.63, 3.8) is 0 Å². The van der Waals surface area contributed by atoms with Crippen molar-refractivity contribution in [3.8, 4) is 16.9 Å². The van der Waals surface area contributed by atoms with Crippen molar-refractivity contribution in [3.05, 3.63) is 82.0 Å². The first-order valence-corrected chi connectivity index (χ1v) is 20.2. The lowest BCUT2D eigenvalue weighted by Crippen LogP contribution is -2.59. The molecule has 306 valence electrons. The quantitative estimate of drug-likeness (QED) is 0.103. The van der Waals surface area contributed by atoms with E-state index in [1.54, 1.807) is 11.0 Å². The van der Waals surface area contributed by atoms with E-state index >= 15 is 0 Å². The van der Waals surface area contributed by atoms with Gasteiger partial charge in [-0.2, -0.15) is 5.10 Å². The molecule has 6 rings (SSSR count). The minimum absolute atomic E-state index is 0.0288. The van der Waals surface area contributed by atoms with Crippen molar-refractivity contribution >= 4 is 45.3 Å². The zero-order valence-electron chi connectivity index (χ0n) is 35.3. The number of carbonyl (C=O) groups excluding carboxylic acids is 2. The number of benzene rings is 3. The predicted octanol–water partition coefficient (Wildman–Crippen LogP) is 9.90. The Morgan fingerprint density at radius 3 is 2.19 bits per heavy atom. The lowest BCUT2D eigenvalue weighted by molar-refractivity contribution is -0.00870. The second kappa shape index (κ2) is 16.3. The van der Waals surface area contributed by atoms with E-state index in [4.69, 9.17) is 30.9 Å². The van der Waals surface area contributed by atoms with Crippen molar-refractivity contribution in [2.75, 3.05) is 26.2 Å². The summed E-state index contributed by atoms with van der Waals surface area (Å²) in [5, 5.41) is 7.82. The van der Waals surface area contributed by atoms with Gasteiger partial charge < -0.3 is 23.7 Å². The number of nitrogens with zero attached hydrogens (tertiary/aromatic N) is 5. The molecule has 3 aromatic carbocycles. The number of esters is 1. The molecule has 1 aliphatic heterocycles. The Hall–Kier alpha value is -4.61. The molecule has 5 aromatic rings. The van der Waals surface area contributed by atoms with Crippen molar-refractivity contribution in [1.29, 1.82) is 0 Å². The molecular weight excluding hydrogens is 745 g/mol. The number of fused-ring (bicyclic) bond motifs is 2. The number of ether oxygens (including phenoxy) is 3. The Balaban J connectivity index is 1.41. The van der Waals surface area contributed by atoms with Gasteiger partial charge in [-0.3, -0.25) is 9.58 Å². The average Bonchev–Trinajstić information content (AvgIpc) is 3.55. The molecule has 1 aliphatic rings. The molecule has 1 saturated heterocycles. The Labute approximate surface area is 340 Å². The van der Waals surface area contributed by atoms with E-state index in [1.807, 2.05) is 97.5 Å². The summed E-state index contributed by atoms with van der Waals surface area (Å²) in [5.41, 5.74) is 4.40. The first-order valence-electron chi connectivity index (χ1n) is 19.9. The fourth-order valence-electron chi connectivity index (χ4n) is 8.17. The fraction of sp³-hybridized carbons (Fsp3) is 0.489. The molecule has 3 heterocycles. The van der Waals surface area contributed by atoms with E-state index < -0.39 is 17.2 Å². The fourth-order valence-corrected chi connectivity index (χ4v) is 8.42. The van der Waals surface area contributed by atoms with Crippen LogP contribution in [0.3, 0.4) is 0 Å². The molecule has 1 fully saturated rings. The van der Waals surface area contributed by atoms with Gasteiger partial charge in [0.25, 0.3) is 0 Å². The van der Waals surface area contributed by atoms with Crippen molar-refractivity contribution in [2.24, 2.45) is 7.05 Å². The van der Waals surface area contributed by atoms with Crippen LogP contribution in [0.5, 0.6) is 5.75 Å². The van der Waals surface area contributed by atoms with Crippen LogP contribution >= 0.6 is 11.6 Å². The third-order valence-corrected chi connectivity index (χ3v) is 10.9. The third kappa shape index (κ3) is 9.10. The maximum atomic E-state index is 14.6. The molecule has 57 heavy (non-hydrogen) atoms. The largest absolute Gasteiger partial charge is 0.493 e. The van der Waals surface area contributed by atoms with Gasteiger partial charge in [0.2, 0.25) is 0 Å². The van der Waals surface area contributed by atoms with Crippen LogP contribution in [-0.2, 0) is 29.5 Å². The Bertz CT molecular complexity index is 2290. The van der Waals surface area contributed by atoms with Crippen LogP contribution in [0.1, 0.15) is 89.3 Å². The molecule has 2 unspecified atom stereocenters. The van der Waals surface area contributed by atoms with Crippen molar-refractivity contribution in [1.82, 2.24) is 24.1 Å². The lowest BCUT2D eigenvalue weighted by Gasteiger charge is -2.44. The molecular formula is C45H57ClFN5O5. The molecule has 2 aromatic heterocycles. The van der Waals surface area contributed by atoms with Gasteiger partial charge in [0.1, 0.15) is 28.5 Å². The Kier molecular flexibility index (Phi) is 12.0. The zero-order valence-corrected chi connectivity index (χ0v) is 36.0. The highest BCUT2D eigenvalue weighted by Gasteiger charge is 2.35. The second-order valence-electron chi connectivity index (χ2n) is 17.4. The summed E-state index contributed by atoms with van der Waals surface area (Å²) in [6.07, 6.45) is 0.801. The molecule has 0 spiro atoms. The summed E-state index contributed by atoms with van der Waals surface area (Å²) < 4.78 is 36.1. The van der Waals surface area contributed by atoms with Crippen LogP contribution in [0, 0.1) is 19.7 Å². The van der Waals surface area contributed by atoms with Crippen LogP contribution in [0.4, 0.5) is 9.18 Å². The molecule has 0 saturated carbocycles. The SMILES string of the molecule is Cc1nn(C)c(C)c1-c1c(Cl)ccc2c(CCCOc3cccc4cc(F)ccc34)c(C(=O)OC(C)(C)C)n(CCN3C(C)CN(C(=O)OC(C)(C)C)CC3C)c12. The highest BCUT2D eigenvalue weighted by Crippen LogP contribution is 2.42. The smallest absolute Gasteiger partial charge is 0.410 e. The zero-order chi connectivity index (χ0) is 41.6. The van der Waals surface area contributed by atoms with E-state index in [-0.39, 0.29) is 24.0 Å². The van der Waals surface area contributed by atoms with Gasteiger partial charge in [-0.25, -0.2) is 14.0 Å². The molecule has 2 atom stereocenters. The van der Waals surface area contributed by atoms with E-state index in [0.29, 0.717) is 62.1 Å². The number of hydrogen-bond donors (Lipinski definition) is 0. The first kappa shape index (κ1) is 42.0. The average molecular weight is 802 g/mol. The van der Waals surface area contributed by atoms with Crippen LogP contribution < -0.4 is 4.74 Å². The molecule has 0 N–H and O–H groups in total. The molecule has 0 bridgehead atoms. The topological polar surface area (TPSA) is 91.1 Å². The predicted molar refractivity (Wildman–Crippen MR) is 225 cm³/mol. The number of halogens is 2. The molecule has 0 aliphatic carbocycles. The number of rotatable bonds is 10. The summed E-state index contributed by atoms with van der Waals surface area (Å²) in [5.74, 6) is -0.0361. The lowest BCUT2D eigenvalue weighted by atomic mass is 9.98. The summed E-state index contributed by atoms with van der Waals surface area (Å²) >= 11 is 7.18. The van der Waals surface area contributed by atoms with E-state index in [0.717, 1.165) is 49.8 Å². The van der Waals surface area contributed by atoms with Gasteiger partial charge in [-0.05, 0) is 123 Å². The Morgan fingerprint density at radius 2 is 1.56 bits per heavy atom. The number of amides is 1. The summed E-state index contributed by atoms with van der Waals surface area (Å²) in [6, 6.07) is 14.3. The number of piperazine rings is 1. The molecule has 1 amide bonds. The monoisotopic (exact) mass is 801 g/mol. The number of aromatic nitrogens is 3. The van der Waals surface area contributed by atoms with Crippen LogP contribution in [0.25, 0.3) is 32.8 Å². The number of hydrogen-bond acceptors (Lipinski definition) is 7. The molecule has 10 nitrogen and oxygen atoms in total. The maximum absolute atomic E-state index is 14.6. The van der Waals surface area contributed by atoms with Gasteiger partial charge in [0, 0.05) is 72.9 Å². The first-order chi connectivity index (χ1) is 26.7. The van der Waals surface area contributed by atoms with Crippen LogP contribution in [-0.4, -0.2) is 85.7 Å². The second-order valence-corrected chi connectivity index (χ2v) is 17.8. The summed E-state index contributed by atoms with van der Waals surface area (Å²) in [7, 11) is 1.92. The van der Waals surface area contributed by atoms with Gasteiger partial charge in [0.05, 0.1) is 22.8 Å². The van der Waals surface area contributed by atoms with Crippen LogP contribution in [0.15, 0.2) is 48.5 Å². The van der Waals surface area contributed by atoms with Gasteiger partial charge in [-0.1, -0.05) is 29.8 Å². The normalized spacial score (nSPS) is 16.8. The molecule has 12 heteroatoms. The van der Waals surface area contributed by atoms with Gasteiger partial charge >= 0.3 is 12.1 Å².